The predicted molar refractivity (Wildman–Crippen MR) is 80.7 cm³/mol. The molecule has 118 valence electrons. The number of likely N-dealkylation sites (N-methyl/N-ethyl adjacent to an activating group) is 1. The molecule has 8 heteroatoms. The van der Waals surface area contributed by atoms with Gasteiger partial charge < -0.3 is 14.8 Å². The molecule has 1 aliphatic heterocycles. The number of hydrogen-bond acceptors (Lipinski definition) is 4. The van der Waals surface area contributed by atoms with Gasteiger partial charge >= 0.3 is 6.61 Å². The summed E-state index contributed by atoms with van der Waals surface area (Å²) >= 11 is 5.05. The van der Waals surface area contributed by atoms with E-state index < -0.39 is 6.61 Å². The molecule has 1 heterocycles. The zero-order valence-electron chi connectivity index (χ0n) is 11.9. The molecule has 0 saturated carbocycles. The van der Waals surface area contributed by atoms with Gasteiger partial charge in [0.25, 0.3) is 5.91 Å². The van der Waals surface area contributed by atoms with Crippen LogP contribution in [-0.2, 0) is 4.79 Å². The number of amides is 1. The summed E-state index contributed by atoms with van der Waals surface area (Å²) in [5, 5.41) is 3.15. The standard InChI is InChI=1S/C14H14F2N2O3S/c1-3-18-12(19)9(17-14(18)22)6-8-4-5-10(21-13(15)16)11(7-8)20-2/h4-7,13H,3H2,1-2H3,(H,17,22)/b9-6+. The van der Waals surface area contributed by atoms with Crippen molar-refractivity contribution in [2.24, 2.45) is 0 Å². The number of alkyl halides is 2. The number of nitrogens with zero attached hydrogens (tertiary/aromatic N) is 1. The first-order valence-corrected chi connectivity index (χ1v) is 6.84. The largest absolute Gasteiger partial charge is 0.493 e. The van der Waals surface area contributed by atoms with Gasteiger partial charge in [0.05, 0.1) is 7.11 Å². The highest BCUT2D eigenvalue weighted by molar-refractivity contribution is 7.80. The fraction of sp³-hybridized carbons (Fsp3) is 0.286. The summed E-state index contributed by atoms with van der Waals surface area (Å²) in [4.78, 5) is 13.5. The number of ether oxygens (including phenoxy) is 2. The molecular weight excluding hydrogens is 314 g/mol. The van der Waals surface area contributed by atoms with Crippen LogP contribution in [0, 0.1) is 0 Å². The average molecular weight is 328 g/mol. The van der Waals surface area contributed by atoms with Crippen molar-refractivity contribution in [3.8, 4) is 11.5 Å². The minimum atomic E-state index is -2.94. The molecule has 0 atom stereocenters. The number of benzene rings is 1. The molecular formula is C14H14F2N2O3S. The first kappa shape index (κ1) is 16.2. The second-order valence-corrected chi connectivity index (χ2v) is 4.71. The van der Waals surface area contributed by atoms with Crippen molar-refractivity contribution in [3.05, 3.63) is 29.5 Å². The van der Waals surface area contributed by atoms with Gasteiger partial charge in [-0.2, -0.15) is 8.78 Å². The Morgan fingerprint density at radius 2 is 2.14 bits per heavy atom. The number of carbonyl (C=O) groups excluding carboxylic acids is 1. The number of thiocarbonyl (C=S) groups is 1. The monoisotopic (exact) mass is 328 g/mol. The van der Waals surface area contributed by atoms with E-state index >= 15 is 0 Å². The fourth-order valence-corrected chi connectivity index (χ4v) is 2.31. The average Bonchev–Trinajstić information content (AvgIpc) is 2.74. The third-order valence-corrected chi connectivity index (χ3v) is 3.32. The van der Waals surface area contributed by atoms with Crippen LogP contribution < -0.4 is 14.8 Å². The summed E-state index contributed by atoms with van der Waals surface area (Å²) in [6, 6.07) is 4.39. The van der Waals surface area contributed by atoms with E-state index in [1.807, 2.05) is 6.92 Å². The van der Waals surface area contributed by atoms with E-state index in [0.717, 1.165) is 0 Å². The number of rotatable bonds is 5. The van der Waals surface area contributed by atoms with Gasteiger partial charge in [0.15, 0.2) is 16.6 Å². The first-order valence-electron chi connectivity index (χ1n) is 6.43. The minimum Gasteiger partial charge on any atom is -0.493 e. The van der Waals surface area contributed by atoms with Crippen LogP contribution in [0.2, 0.25) is 0 Å². The molecule has 0 spiro atoms. The van der Waals surface area contributed by atoms with Gasteiger partial charge in [-0.1, -0.05) is 6.07 Å². The second kappa shape index (κ2) is 6.69. The van der Waals surface area contributed by atoms with Crippen molar-refractivity contribution < 1.29 is 23.0 Å². The lowest BCUT2D eigenvalue weighted by Gasteiger charge is -2.10. The van der Waals surface area contributed by atoms with Crippen molar-refractivity contribution in [1.29, 1.82) is 0 Å². The zero-order valence-corrected chi connectivity index (χ0v) is 12.7. The Labute approximate surface area is 131 Å². The smallest absolute Gasteiger partial charge is 0.387 e. The summed E-state index contributed by atoms with van der Waals surface area (Å²) in [6.45, 7) is -0.660. The molecule has 0 unspecified atom stereocenters. The van der Waals surface area contributed by atoms with Gasteiger partial charge in [0.2, 0.25) is 0 Å². The van der Waals surface area contributed by atoms with Gasteiger partial charge in [0, 0.05) is 6.54 Å². The van der Waals surface area contributed by atoms with Gasteiger partial charge in [-0.3, -0.25) is 9.69 Å². The maximum Gasteiger partial charge on any atom is 0.387 e. The summed E-state index contributed by atoms with van der Waals surface area (Å²) in [5.41, 5.74) is 0.909. The Kier molecular flexibility index (Phi) is 4.92. The number of halogens is 2. The Hall–Kier alpha value is -2.22. The molecule has 1 amide bonds. The highest BCUT2D eigenvalue weighted by Gasteiger charge is 2.29. The van der Waals surface area contributed by atoms with E-state index in [9.17, 15) is 13.6 Å². The number of hydrogen-bond donors (Lipinski definition) is 1. The third-order valence-electron chi connectivity index (χ3n) is 2.99. The van der Waals surface area contributed by atoms with E-state index in [2.05, 4.69) is 10.1 Å². The van der Waals surface area contributed by atoms with E-state index in [1.54, 1.807) is 12.1 Å². The van der Waals surface area contributed by atoms with Crippen LogP contribution in [-0.4, -0.2) is 36.2 Å². The molecule has 1 aliphatic rings. The van der Waals surface area contributed by atoms with Crippen LogP contribution in [0.4, 0.5) is 8.78 Å². The summed E-state index contributed by atoms with van der Waals surface area (Å²) in [6.07, 6.45) is 1.57. The van der Waals surface area contributed by atoms with Crippen LogP contribution in [0.25, 0.3) is 6.08 Å². The molecule has 22 heavy (non-hydrogen) atoms. The molecule has 1 aromatic rings. The molecule has 0 bridgehead atoms. The first-order chi connectivity index (χ1) is 10.5. The molecule has 1 N–H and O–H groups in total. The maximum atomic E-state index is 12.3. The Morgan fingerprint density at radius 1 is 1.41 bits per heavy atom. The van der Waals surface area contributed by atoms with Crippen LogP contribution in [0.15, 0.2) is 23.9 Å². The normalized spacial score (nSPS) is 16.4. The molecule has 1 saturated heterocycles. The lowest BCUT2D eigenvalue weighted by Crippen LogP contribution is -2.30. The molecule has 1 fully saturated rings. The quantitative estimate of drug-likeness (QED) is 0.664. The van der Waals surface area contributed by atoms with Gasteiger partial charge in [0.1, 0.15) is 5.70 Å². The minimum absolute atomic E-state index is 0.0731. The van der Waals surface area contributed by atoms with Crippen LogP contribution in [0.1, 0.15) is 12.5 Å². The highest BCUT2D eigenvalue weighted by Crippen LogP contribution is 2.30. The SMILES string of the molecule is CCN1C(=O)/C(=C\c2ccc(OC(F)F)c(OC)c2)NC1=S. The van der Waals surface area contributed by atoms with Gasteiger partial charge in [-0.05, 0) is 42.9 Å². The second-order valence-electron chi connectivity index (χ2n) is 4.33. The fourth-order valence-electron chi connectivity index (χ4n) is 1.99. The molecule has 0 radical (unpaired) electrons. The van der Waals surface area contributed by atoms with Crippen molar-refractivity contribution in [3.63, 3.8) is 0 Å². The summed E-state index contributed by atoms with van der Waals surface area (Å²) < 4.78 is 33.9. The van der Waals surface area contributed by atoms with Crippen LogP contribution >= 0.6 is 12.2 Å². The Morgan fingerprint density at radius 3 is 2.68 bits per heavy atom. The lowest BCUT2D eigenvalue weighted by molar-refractivity contribution is -0.122. The van der Waals surface area contributed by atoms with Crippen molar-refractivity contribution in [2.45, 2.75) is 13.5 Å². The molecule has 0 aliphatic carbocycles. The summed E-state index contributed by atoms with van der Waals surface area (Å²) in [7, 11) is 1.34. The van der Waals surface area contributed by atoms with Crippen LogP contribution in [0.5, 0.6) is 11.5 Å². The third kappa shape index (κ3) is 3.33. The predicted octanol–water partition coefficient (Wildman–Crippen LogP) is 2.37. The Bertz CT molecular complexity index is 635. The maximum absolute atomic E-state index is 12.3. The van der Waals surface area contributed by atoms with Crippen LogP contribution in [0.3, 0.4) is 0 Å². The van der Waals surface area contributed by atoms with E-state index in [1.165, 1.54) is 24.1 Å². The summed E-state index contributed by atoms with van der Waals surface area (Å²) in [5.74, 6) is -0.162. The molecule has 5 nitrogen and oxygen atoms in total. The van der Waals surface area contributed by atoms with Gasteiger partial charge in [-0.25, -0.2) is 0 Å². The highest BCUT2D eigenvalue weighted by atomic mass is 32.1. The zero-order chi connectivity index (χ0) is 16.3. The number of carbonyl (C=O) groups is 1. The Balaban J connectivity index is 2.29. The van der Waals surface area contributed by atoms with Crippen molar-refractivity contribution in [2.75, 3.05) is 13.7 Å². The molecule has 2 rings (SSSR count). The van der Waals surface area contributed by atoms with E-state index in [4.69, 9.17) is 17.0 Å². The van der Waals surface area contributed by atoms with E-state index in [0.29, 0.717) is 22.9 Å². The lowest BCUT2D eigenvalue weighted by atomic mass is 10.1. The number of nitrogens with one attached hydrogen (secondary N) is 1. The van der Waals surface area contributed by atoms with Crippen molar-refractivity contribution >= 4 is 29.3 Å². The molecule has 0 aromatic heterocycles. The topological polar surface area (TPSA) is 50.8 Å². The molecule has 1 aromatic carbocycles. The van der Waals surface area contributed by atoms with Gasteiger partial charge in [-0.15, -0.1) is 0 Å². The number of methoxy groups -OCH3 is 1. The van der Waals surface area contributed by atoms with E-state index in [-0.39, 0.29) is 17.4 Å². The van der Waals surface area contributed by atoms with Crippen molar-refractivity contribution in [1.82, 2.24) is 10.2 Å².